The molecule has 2 aromatic rings. The summed E-state index contributed by atoms with van der Waals surface area (Å²) < 4.78 is 0. The predicted molar refractivity (Wildman–Crippen MR) is 132 cm³/mol. The summed E-state index contributed by atoms with van der Waals surface area (Å²) in [6.07, 6.45) is 5.78. The number of benzene rings is 2. The van der Waals surface area contributed by atoms with Crippen molar-refractivity contribution in [3.05, 3.63) is 65.2 Å². The van der Waals surface area contributed by atoms with Gasteiger partial charge in [-0.25, -0.2) is 0 Å². The van der Waals surface area contributed by atoms with Crippen LogP contribution in [0.15, 0.2) is 58.7 Å². The molecule has 170 valence electrons. The normalized spacial score (nSPS) is 18.7. The molecule has 0 radical (unpaired) electrons. The standard InChI is InChI=1S/C26H30N6O/c1-21-9-11-28-29-20-32(21)25-7-5-23(6-8-25)18-26(33)31-15-13-30(14-16-31)12-10-22-3-2-4-24(17-22)19-27/h2-8,11,17,20-21H,9-10,12-16,18H2,1H3. The van der Waals surface area contributed by atoms with Gasteiger partial charge in [0.15, 0.2) is 0 Å². The molecule has 0 aliphatic carbocycles. The molecule has 0 spiro atoms. The summed E-state index contributed by atoms with van der Waals surface area (Å²) in [5.74, 6) is 0.183. The van der Waals surface area contributed by atoms with Crippen LogP contribution in [0.4, 0.5) is 5.69 Å². The summed E-state index contributed by atoms with van der Waals surface area (Å²) in [5, 5.41) is 17.1. The molecule has 2 aromatic carbocycles. The average molecular weight is 443 g/mol. The lowest BCUT2D eigenvalue weighted by Crippen LogP contribution is -2.49. The summed E-state index contributed by atoms with van der Waals surface area (Å²) in [7, 11) is 0. The van der Waals surface area contributed by atoms with E-state index in [4.69, 9.17) is 5.26 Å². The van der Waals surface area contributed by atoms with Crippen LogP contribution >= 0.6 is 0 Å². The molecular weight excluding hydrogens is 412 g/mol. The van der Waals surface area contributed by atoms with Crippen molar-refractivity contribution < 1.29 is 4.79 Å². The third-order valence-corrected chi connectivity index (χ3v) is 6.33. The zero-order valence-corrected chi connectivity index (χ0v) is 19.1. The maximum absolute atomic E-state index is 12.8. The van der Waals surface area contributed by atoms with Gasteiger partial charge in [-0.3, -0.25) is 9.69 Å². The third kappa shape index (κ3) is 6.05. The van der Waals surface area contributed by atoms with Gasteiger partial charge in [-0.15, -0.1) is 5.10 Å². The molecule has 2 aliphatic rings. The third-order valence-electron chi connectivity index (χ3n) is 6.33. The molecule has 2 heterocycles. The van der Waals surface area contributed by atoms with Crippen molar-refractivity contribution >= 4 is 24.1 Å². The fourth-order valence-corrected chi connectivity index (χ4v) is 4.26. The molecule has 7 heteroatoms. The van der Waals surface area contributed by atoms with Crippen molar-refractivity contribution in [2.75, 3.05) is 37.6 Å². The Labute approximate surface area is 195 Å². The highest BCUT2D eigenvalue weighted by molar-refractivity contribution is 5.83. The Morgan fingerprint density at radius 3 is 2.61 bits per heavy atom. The van der Waals surface area contributed by atoms with Crippen molar-refractivity contribution in [3.8, 4) is 6.07 Å². The molecule has 0 saturated carbocycles. The van der Waals surface area contributed by atoms with E-state index in [0.717, 1.165) is 56.8 Å². The average Bonchev–Trinajstić information content (AvgIpc) is 3.08. The molecule has 7 nitrogen and oxygen atoms in total. The van der Waals surface area contributed by atoms with Gasteiger partial charge in [0, 0.05) is 57.1 Å². The van der Waals surface area contributed by atoms with Crippen LogP contribution in [0.25, 0.3) is 0 Å². The SMILES string of the molecule is CC1CC=NN=CN1c1ccc(CC(=O)N2CCN(CCc3cccc(C#N)c3)CC2)cc1. The van der Waals surface area contributed by atoms with Crippen molar-refractivity contribution in [1.82, 2.24) is 9.80 Å². The summed E-state index contributed by atoms with van der Waals surface area (Å²) in [6.45, 7) is 6.38. The summed E-state index contributed by atoms with van der Waals surface area (Å²) in [4.78, 5) is 19.3. The lowest BCUT2D eigenvalue weighted by Gasteiger charge is -2.35. The van der Waals surface area contributed by atoms with Crippen LogP contribution in [0.5, 0.6) is 0 Å². The number of carbonyl (C=O) groups excluding carboxylic acids is 1. The van der Waals surface area contributed by atoms with E-state index in [1.165, 1.54) is 5.56 Å². The lowest BCUT2D eigenvalue weighted by molar-refractivity contribution is -0.132. The molecule has 1 atom stereocenters. The first-order chi connectivity index (χ1) is 16.1. The minimum absolute atomic E-state index is 0.183. The van der Waals surface area contributed by atoms with Gasteiger partial charge in [0.1, 0.15) is 6.34 Å². The molecule has 0 N–H and O–H groups in total. The quantitative estimate of drug-likeness (QED) is 0.689. The van der Waals surface area contributed by atoms with Gasteiger partial charge in [-0.05, 0) is 48.7 Å². The summed E-state index contributed by atoms with van der Waals surface area (Å²) in [5.41, 5.74) is 3.98. The Kier molecular flexibility index (Phi) is 7.48. The van der Waals surface area contributed by atoms with Crippen LogP contribution in [-0.2, 0) is 17.6 Å². The lowest BCUT2D eigenvalue weighted by atomic mass is 10.1. The Balaban J connectivity index is 1.24. The van der Waals surface area contributed by atoms with E-state index in [0.29, 0.717) is 18.0 Å². The van der Waals surface area contributed by atoms with E-state index in [1.54, 1.807) is 6.34 Å². The van der Waals surface area contributed by atoms with Crippen LogP contribution < -0.4 is 4.90 Å². The highest BCUT2D eigenvalue weighted by atomic mass is 16.2. The monoisotopic (exact) mass is 442 g/mol. The van der Waals surface area contributed by atoms with E-state index < -0.39 is 0 Å². The van der Waals surface area contributed by atoms with Crippen LogP contribution in [0.2, 0.25) is 0 Å². The van der Waals surface area contributed by atoms with Gasteiger partial charge in [0.05, 0.1) is 18.1 Å². The highest BCUT2D eigenvalue weighted by Gasteiger charge is 2.21. The Hall–Kier alpha value is -3.50. The van der Waals surface area contributed by atoms with Crippen molar-refractivity contribution in [2.45, 2.75) is 32.2 Å². The van der Waals surface area contributed by atoms with Crippen LogP contribution in [0.1, 0.15) is 30.0 Å². The van der Waals surface area contributed by atoms with E-state index in [-0.39, 0.29) is 5.91 Å². The van der Waals surface area contributed by atoms with E-state index in [1.807, 2.05) is 41.4 Å². The Morgan fingerprint density at radius 2 is 1.85 bits per heavy atom. The maximum atomic E-state index is 12.8. The highest BCUT2D eigenvalue weighted by Crippen LogP contribution is 2.19. The molecule has 4 rings (SSSR count). The molecule has 1 amide bonds. The van der Waals surface area contributed by atoms with Gasteiger partial charge in [0.25, 0.3) is 0 Å². The van der Waals surface area contributed by atoms with E-state index in [2.05, 4.69) is 51.2 Å². The molecule has 1 fully saturated rings. The molecule has 0 bridgehead atoms. The number of amides is 1. The van der Waals surface area contributed by atoms with Gasteiger partial charge in [-0.1, -0.05) is 24.3 Å². The second-order valence-electron chi connectivity index (χ2n) is 8.65. The topological polar surface area (TPSA) is 75.3 Å². The largest absolute Gasteiger partial charge is 0.340 e. The van der Waals surface area contributed by atoms with Gasteiger partial charge >= 0.3 is 0 Å². The zero-order valence-electron chi connectivity index (χ0n) is 19.1. The molecule has 33 heavy (non-hydrogen) atoms. The summed E-state index contributed by atoms with van der Waals surface area (Å²) >= 11 is 0. The minimum Gasteiger partial charge on any atom is -0.340 e. The number of piperazine rings is 1. The van der Waals surface area contributed by atoms with Gasteiger partial charge in [-0.2, -0.15) is 10.4 Å². The number of nitriles is 1. The molecule has 1 saturated heterocycles. The number of anilines is 1. The van der Waals surface area contributed by atoms with Gasteiger partial charge in [0.2, 0.25) is 5.91 Å². The fraction of sp³-hybridized carbons (Fsp3) is 0.385. The number of hydrogen-bond donors (Lipinski definition) is 0. The van der Waals surface area contributed by atoms with Crippen LogP contribution in [0.3, 0.4) is 0 Å². The first-order valence-electron chi connectivity index (χ1n) is 11.5. The predicted octanol–water partition coefficient (Wildman–Crippen LogP) is 3.10. The van der Waals surface area contributed by atoms with E-state index in [9.17, 15) is 4.79 Å². The van der Waals surface area contributed by atoms with Crippen molar-refractivity contribution in [2.24, 2.45) is 10.2 Å². The van der Waals surface area contributed by atoms with Crippen LogP contribution in [-0.4, -0.2) is 67.0 Å². The molecule has 2 aliphatic heterocycles. The Morgan fingerprint density at radius 1 is 1.06 bits per heavy atom. The second kappa shape index (κ2) is 10.9. The molecule has 1 unspecified atom stereocenters. The number of carbonyl (C=O) groups is 1. The Bertz CT molecular complexity index is 1050. The smallest absolute Gasteiger partial charge is 0.227 e. The number of hydrogen-bond acceptors (Lipinski definition) is 6. The molecule has 0 aromatic heterocycles. The minimum atomic E-state index is 0.183. The number of rotatable bonds is 6. The first kappa shape index (κ1) is 22.7. The second-order valence-corrected chi connectivity index (χ2v) is 8.65. The maximum Gasteiger partial charge on any atom is 0.227 e. The zero-order chi connectivity index (χ0) is 23.0. The number of nitrogens with zero attached hydrogens (tertiary/aromatic N) is 6. The van der Waals surface area contributed by atoms with Gasteiger partial charge < -0.3 is 9.80 Å². The van der Waals surface area contributed by atoms with Crippen molar-refractivity contribution in [1.29, 1.82) is 5.26 Å². The van der Waals surface area contributed by atoms with Crippen molar-refractivity contribution in [3.63, 3.8) is 0 Å². The summed E-state index contributed by atoms with van der Waals surface area (Å²) in [6, 6.07) is 18.5. The fourth-order valence-electron chi connectivity index (χ4n) is 4.26. The van der Waals surface area contributed by atoms with Crippen LogP contribution in [0, 0.1) is 11.3 Å². The first-order valence-corrected chi connectivity index (χ1v) is 11.5. The molecular formula is C26H30N6O. The van der Waals surface area contributed by atoms with E-state index >= 15 is 0 Å².